The normalized spacial score (nSPS) is 13.1. The van der Waals surface area contributed by atoms with E-state index in [4.69, 9.17) is 28.4 Å². The molecule has 3 aromatic carbocycles. The fraction of sp³-hybridized carbons (Fsp3) is 0.185. The highest BCUT2D eigenvalue weighted by atomic mass is 16.5. The Hall–Kier alpha value is -4.46. The van der Waals surface area contributed by atoms with Gasteiger partial charge in [-0.05, 0) is 55.0 Å². The second-order valence-electron chi connectivity index (χ2n) is 7.41. The number of ether oxygens (including phenoxy) is 6. The van der Waals surface area contributed by atoms with Gasteiger partial charge in [-0.25, -0.2) is 4.79 Å². The largest absolute Gasteiger partial charge is 0.494 e. The molecular weight excluding hydrogens is 452 g/mol. The smallest absolute Gasteiger partial charge is 0.343 e. The first-order chi connectivity index (χ1) is 17.0. The van der Waals surface area contributed by atoms with Gasteiger partial charge in [0.2, 0.25) is 11.5 Å². The molecule has 0 atom stereocenters. The van der Waals surface area contributed by atoms with E-state index in [-0.39, 0.29) is 17.1 Å². The van der Waals surface area contributed by atoms with Crippen LogP contribution in [-0.2, 0) is 0 Å². The lowest BCUT2D eigenvalue weighted by Crippen LogP contribution is -2.09. The molecule has 0 aromatic heterocycles. The van der Waals surface area contributed by atoms with Gasteiger partial charge in [-0.2, -0.15) is 0 Å². The number of allylic oxidation sites excluding steroid dienone is 1. The van der Waals surface area contributed by atoms with Crippen molar-refractivity contribution < 1.29 is 38.0 Å². The first-order valence-corrected chi connectivity index (χ1v) is 10.8. The molecule has 0 aliphatic carbocycles. The zero-order valence-electron chi connectivity index (χ0n) is 19.7. The molecule has 0 saturated carbocycles. The molecule has 0 bridgehead atoms. The molecule has 1 aliphatic rings. The van der Waals surface area contributed by atoms with Crippen molar-refractivity contribution in [2.45, 2.75) is 6.92 Å². The van der Waals surface area contributed by atoms with Crippen LogP contribution in [-0.4, -0.2) is 39.7 Å². The van der Waals surface area contributed by atoms with Crippen molar-refractivity contribution >= 4 is 17.8 Å². The van der Waals surface area contributed by atoms with Crippen molar-refractivity contribution in [3.05, 3.63) is 77.0 Å². The summed E-state index contributed by atoms with van der Waals surface area (Å²) in [6, 6.07) is 14.9. The second-order valence-corrected chi connectivity index (χ2v) is 7.41. The average molecular weight is 476 g/mol. The van der Waals surface area contributed by atoms with E-state index in [1.165, 1.54) is 33.5 Å². The quantitative estimate of drug-likeness (QED) is 0.256. The molecule has 8 nitrogen and oxygen atoms in total. The molecule has 35 heavy (non-hydrogen) atoms. The minimum Gasteiger partial charge on any atom is -0.494 e. The topological polar surface area (TPSA) is 89.5 Å². The molecular formula is C27H24O8. The van der Waals surface area contributed by atoms with Gasteiger partial charge in [0.25, 0.3) is 0 Å². The van der Waals surface area contributed by atoms with E-state index in [9.17, 15) is 9.59 Å². The maximum absolute atomic E-state index is 12.8. The summed E-state index contributed by atoms with van der Waals surface area (Å²) in [6.45, 7) is 2.39. The van der Waals surface area contributed by atoms with E-state index in [1.54, 1.807) is 48.5 Å². The Morgan fingerprint density at radius 1 is 0.914 bits per heavy atom. The molecule has 180 valence electrons. The van der Waals surface area contributed by atoms with E-state index in [1.807, 2.05) is 6.92 Å². The maximum Gasteiger partial charge on any atom is 0.343 e. The van der Waals surface area contributed by atoms with E-state index in [0.29, 0.717) is 52.2 Å². The van der Waals surface area contributed by atoms with Crippen LogP contribution in [0.3, 0.4) is 0 Å². The maximum atomic E-state index is 12.8. The summed E-state index contributed by atoms with van der Waals surface area (Å²) in [4.78, 5) is 25.5. The van der Waals surface area contributed by atoms with E-state index in [0.717, 1.165) is 0 Å². The monoisotopic (exact) mass is 476 g/mol. The fourth-order valence-electron chi connectivity index (χ4n) is 3.61. The van der Waals surface area contributed by atoms with Crippen LogP contribution in [0.25, 0.3) is 6.08 Å². The minimum absolute atomic E-state index is 0.168. The lowest BCUT2D eigenvalue weighted by atomic mass is 10.1. The lowest BCUT2D eigenvalue weighted by molar-refractivity contribution is 0.0733. The van der Waals surface area contributed by atoms with Crippen LogP contribution < -0.4 is 28.4 Å². The third-order valence-corrected chi connectivity index (χ3v) is 5.22. The number of ketones is 1. The minimum atomic E-state index is -0.613. The van der Waals surface area contributed by atoms with Gasteiger partial charge in [0.05, 0.1) is 39.1 Å². The highest BCUT2D eigenvalue weighted by Crippen LogP contribution is 2.38. The van der Waals surface area contributed by atoms with Gasteiger partial charge in [0.15, 0.2) is 17.3 Å². The molecule has 0 unspecified atom stereocenters. The zero-order chi connectivity index (χ0) is 24.9. The third-order valence-electron chi connectivity index (χ3n) is 5.22. The van der Waals surface area contributed by atoms with Crippen LogP contribution in [0.5, 0.6) is 34.5 Å². The summed E-state index contributed by atoms with van der Waals surface area (Å²) in [5.74, 6) is 1.72. The summed E-state index contributed by atoms with van der Waals surface area (Å²) in [7, 11) is 4.41. The van der Waals surface area contributed by atoms with Gasteiger partial charge in [-0.1, -0.05) is 12.1 Å². The van der Waals surface area contributed by atoms with Crippen LogP contribution in [0.1, 0.15) is 33.2 Å². The van der Waals surface area contributed by atoms with Gasteiger partial charge in [-0.15, -0.1) is 0 Å². The number of esters is 1. The number of hydrogen-bond donors (Lipinski definition) is 0. The summed E-state index contributed by atoms with van der Waals surface area (Å²) < 4.78 is 32.7. The molecule has 4 rings (SSSR count). The number of methoxy groups -OCH3 is 3. The molecule has 1 aliphatic heterocycles. The van der Waals surface area contributed by atoms with Crippen molar-refractivity contribution in [3.63, 3.8) is 0 Å². The summed E-state index contributed by atoms with van der Waals surface area (Å²) in [5, 5.41) is 0. The van der Waals surface area contributed by atoms with Crippen molar-refractivity contribution in [3.8, 4) is 34.5 Å². The molecule has 0 fully saturated rings. The molecule has 0 N–H and O–H groups in total. The number of carbonyl (C=O) groups excluding carboxylic acids is 2. The fourth-order valence-corrected chi connectivity index (χ4v) is 3.61. The Balaban J connectivity index is 1.55. The summed E-state index contributed by atoms with van der Waals surface area (Å²) >= 11 is 0. The Morgan fingerprint density at radius 2 is 1.66 bits per heavy atom. The standard InChI is InChI=1S/C27H24O8/c1-5-33-18-9-10-20-21(15-18)35-22(25(20)28)12-16-7-6-8-19(11-16)34-27(29)17-13-23(30-2)26(32-4)24(14-17)31-3/h6-15H,5H2,1-4H3/b22-12-. The third kappa shape index (κ3) is 4.91. The number of benzene rings is 3. The SMILES string of the molecule is CCOc1ccc2c(c1)O/C(=C\c1cccc(OC(=O)c3cc(OC)c(OC)c(OC)c3)c1)C2=O. The number of carbonyl (C=O) groups is 2. The van der Waals surface area contributed by atoms with Crippen molar-refractivity contribution in [2.24, 2.45) is 0 Å². The van der Waals surface area contributed by atoms with Gasteiger partial charge in [-0.3, -0.25) is 4.79 Å². The van der Waals surface area contributed by atoms with E-state index >= 15 is 0 Å². The second kappa shape index (κ2) is 10.2. The molecule has 0 spiro atoms. The molecule has 0 saturated heterocycles. The molecule has 0 radical (unpaired) electrons. The summed E-state index contributed by atoms with van der Waals surface area (Å²) in [5.41, 5.74) is 1.31. The number of Topliss-reactive ketones (excluding diaryl/α,β-unsaturated/α-hetero) is 1. The lowest BCUT2D eigenvalue weighted by Gasteiger charge is -2.13. The van der Waals surface area contributed by atoms with Gasteiger partial charge in [0, 0.05) is 6.07 Å². The van der Waals surface area contributed by atoms with Crippen LogP contribution in [0, 0.1) is 0 Å². The highest BCUT2D eigenvalue weighted by Gasteiger charge is 2.28. The molecule has 1 heterocycles. The van der Waals surface area contributed by atoms with Crippen molar-refractivity contribution in [1.29, 1.82) is 0 Å². The Kier molecular flexibility index (Phi) is 6.91. The van der Waals surface area contributed by atoms with Crippen LogP contribution in [0.2, 0.25) is 0 Å². The van der Waals surface area contributed by atoms with Crippen LogP contribution >= 0.6 is 0 Å². The van der Waals surface area contributed by atoms with Crippen LogP contribution in [0.15, 0.2) is 60.4 Å². The Morgan fingerprint density at radius 3 is 2.31 bits per heavy atom. The Bertz CT molecular complexity index is 1280. The predicted octanol–water partition coefficient (Wildman–Crippen LogP) is 4.95. The summed E-state index contributed by atoms with van der Waals surface area (Å²) in [6.07, 6.45) is 1.60. The predicted molar refractivity (Wildman–Crippen MR) is 128 cm³/mol. The Labute approximate surface area is 202 Å². The number of fused-ring (bicyclic) bond motifs is 1. The van der Waals surface area contributed by atoms with Crippen molar-refractivity contribution in [1.82, 2.24) is 0 Å². The first kappa shape index (κ1) is 23.7. The van der Waals surface area contributed by atoms with E-state index in [2.05, 4.69) is 0 Å². The van der Waals surface area contributed by atoms with E-state index < -0.39 is 5.97 Å². The molecule has 3 aromatic rings. The van der Waals surface area contributed by atoms with Crippen molar-refractivity contribution in [2.75, 3.05) is 27.9 Å². The first-order valence-electron chi connectivity index (χ1n) is 10.8. The van der Waals surface area contributed by atoms with Crippen LogP contribution in [0.4, 0.5) is 0 Å². The number of hydrogen-bond acceptors (Lipinski definition) is 8. The zero-order valence-corrected chi connectivity index (χ0v) is 19.7. The van der Waals surface area contributed by atoms with Gasteiger partial charge < -0.3 is 28.4 Å². The molecule has 8 heteroatoms. The average Bonchev–Trinajstić information content (AvgIpc) is 3.17. The molecule has 0 amide bonds. The van der Waals surface area contributed by atoms with Gasteiger partial charge >= 0.3 is 5.97 Å². The number of rotatable bonds is 8. The highest BCUT2D eigenvalue weighted by molar-refractivity contribution is 6.14. The van der Waals surface area contributed by atoms with Gasteiger partial charge in [0.1, 0.15) is 17.2 Å².